The van der Waals surface area contributed by atoms with Crippen molar-refractivity contribution in [3.63, 3.8) is 0 Å². The van der Waals surface area contributed by atoms with Crippen LogP contribution in [0.3, 0.4) is 0 Å². The Balaban J connectivity index is 1.49. The van der Waals surface area contributed by atoms with Gasteiger partial charge in [0.1, 0.15) is 23.2 Å². The first kappa shape index (κ1) is 26.5. The van der Waals surface area contributed by atoms with Gasteiger partial charge in [-0.05, 0) is 86.6 Å². The van der Waals surface area contributed by atoms with E-state index in [2.05, 4.69) is 10.3 Å². The number of carbonyl (C=O) groups is 1. The molecule has 2 atom stereocenters. The van der Waals surface area contributed by atoms with Gasteiger partial charge in [-0.15, -0.1) is 0 Å². The lowest BCUT2D eigenvalue weighted by atomic mass is 9.93. The van der Waals surface area contributed by atoms with Gasteiger partial charge in [-0.3, -0.25) is 4.79 Å². The van der Waals surface area contributed by atoms with Crippen molar-refractivity contribution in [2.24, 2.45) is 5.92 Å². The maximum Gasteiger partial charge on any atom is 0.307 e. The Hall–Kier alpha value is -3.52. The van der Waals surface area contributed by atoms with Gasteiger partial charge < -0.3 is 20.3 Å². The molecule has 1 aliphatic rings. The molecule has 3 aromatic rings. The van der Waals surface area contributed by atoms with E-state index in [0.717, 1.165) is 22.8 Å². The van der Waals surface area contributed by atoms with Gasteiger partial charge in [0, 0.05) is 36.4 Å². The Kier molecular flexibility index (Phi) is 7.50. The quantitative estimate of drug-likeness (QED) is 0.311. The number of anilines is 1. The number of pyridine rings is 1. The van der Waals surface area contributed by atoms with Crippen LogP contribution >= 0.6 is 0 Å². The van der Waals surface area contributed by atoms with Crippen LogP contribution in [-0.2, 0) is 11.3 Å². The fourth-order valence-corrected chi connectivity index (χ4v) is 4.52. The molecule has 6 nitrogen and oxygen atoms in total. The Morgan fingerprint density at radius 2 is 1.84 bits per heavy atom. The molecule has 1 heterocycles. The maximum atomic E-state index is 14.9. The monoisotopic (exact) mass is 510 g/mol. The van der Waals surface area contributed by atoms with Crippen molar-refractivity contribution in [1.29, 1.82) is 0 Å². The van der Waals surface area contributed by atoms with Crippen molar-refractivity contribution >= 4 is 11.8 Å². The summed E-state index contributed by atoms with van der Waals surface area (Å²) in [5.74, 6) is -1.33. The van der Waals surface area contributed by atoms with Crippen LogP contribution in [0.4, 0.5) is 14.6 Å². The molecular formula is C29H32F2N2O4. The molecule has 8 heteroatoms. The van der Waals surface area contributed by atoms with Crippen LogP contribution in [-0.4, -0.2) is 33.4 Å². The van der Waals surface area contributed by atoms with E-state index in [1.807, 2.05) is 32.0 Å². The molecule has 37 heavy (non-hydrogen) atoms. The summed E-state index contributed by atoms with van der Waals surface area (Å²) in [5, 5.41) is 22.0. The van der Waals surface area contributed by atoms with Crippen molar-refractivity contribution in [2.75, 3.05) is 11.9 Å². The number of rotatable bonds is 10. The number of aryl methyl sites for hydroxylation is 2. The molecule has 1 saturated carbocycles. The summed E-state index contributed by atoms with van der Waals surface area (Å²) in [4.78, 5) is 15.4. The molecule has 0 bridgehead atoms. The maximum absolute atomic E-state index is 14.9. The number of aliphatic hydroxyl groups is 1. The first-order valence-electron chi connectivity index (χ1n) is 12.3. The van der Waals surface area contributed by atoms with Crippen LogP contribution in [0.15, 0.2) is 42.6 Å². The standard InChI is InChI=1S/C29H32F2N2O4/c1-16-9-20(37-8-7-29(3,4)36)10-17(2)27(16)23-11-19(24(30)13-25(23)31)15-33-26-6-5-18(14-32-26)21-12-22(21)28(34)35/h5-6,9-11,13-14,21-22,36H,7-8,12,15H2,1-4H3,(H,32,33)(H,34,35)/t21?,22-/m1/s1. The molecule has 1 unspecified atom stereocenters. The zero-order valence-electron chi connectivity index (χ0n) is 21.4. The van der Waals surface area contributed by atoms with Gasteiger partial charge in [0.15, 0.2) is 0 Å². The van der Waals surface area contributed by atoms with Gasteiger partial charge in [-0.2, -0.15) is 0 Å². The lowest BCUT2D eigenvalue weighted by molar-refractivity contribution is -0.138. The third-order valence-electron chi connectivity index (χ3n) is 6.68. The van der Waals surface area contributed by atoms with Gasteiger partial charge in [0.25, 0.3) is 0 Å². The van der Waals surface area contributed by atoms with Crippen molar-refractivity contribution in [3.8, 4) is 16.9 Å². The van der Waals surface area contributed by atoms with Gasteiger partial charge in [0.05, 0.1) is 18.1 Å². The Morgan fingerprint density at radius 1 is 1.14 bits per heavy atom. The summed E-state index contributed by atoms with van der Waals surface area (Å²) in [6.45, 7) is 7.59. The molecule has 3 N–H and O–H groups in total. The molecule has 1 aliphatic carbocycles. The van der Waals surface area contributed by atoms with E-state index < -0.39 is 23.2 Å². The molecular weight excluding hydrogens is 478 g/mol. The van der Waals surface area contributed by atoms with Crippen molar-refractivity contribution in [1.82, 2.24) is 4.98 Å². The lowest BCUT2D eigenvalue weighted by Gasteiger charge is -2.19. The summed E-state index contributed by atoms with van der Waals surface area (Å²) in [5.41, 5.74) is 2.89. The van der Waals surface area contributed by atoms with Crippen LogP contribution in [0, 0.1) is 31.4 Å². The van der Waals surface area contributed by atoms with Crippen molar-refractivity contribution < 1.29 is 28.5 Å². The van der Waals surface area contributed by atoms with Crippen LogP contribution in [0.25, 0.3) is 11.1 Å². The zero-order valence-corrected chi connectivity index (χ0v) is 21.4. The fraction of sp³-hybridized carbons (Fsp3) is 0.379. The first-order chi connectivity index (χ1) is 17.4. The number of ether oxygens (including phenoxy) is 1. The number of aliphatic carboxylic acids is 1. The zero-order chi connectivity index (χ0) is 26.9. The Labute approximate surface area is 215 Å². The molecule has 0 saturated heterocycles. The van der Waals surface area contributed by atoms with Crippen LogP contribution < -0.4 is 10.1 Å². The molecule has 0 aliphatic heterocycles. The molecule has 0 radical (unpaired) electrons. The second kappa shape index (κ2) is 10.5. The molecule has 1 aromatic heterocycles. The highest BCUT2D eigenvalue weighted by Crippen LogP contribution is 2.47. The number of nitrogens with zero attached hydrogens (tertiary/aromatic N) is 1. The van der Waals surface area contributed by atoms with Crippen molar-refractivity contribution in [2.45, 2.75) is 58.6 Å². The minimum atomic E-state index is -0.829. The van der Waals surface area contributed by atoms with Crippen LogP contribution in [0.1, 0.15) is 54.9 Å². The normalized spacial score (nSPS) is 16.9. The van der Waals surface area contributed by atoms with E-state index in [1.165, 1.54) is 6.07 Å². The predicted molar refractivity (Wildman–Crippen MR) is 138 cm³/mol. The largest absolute Gasteiger partial charge is 0.493 e. The number of halogens is 2. The minimum absolute atomic E-state index is 0.0130. The van der Waals surface area contributed by atoms with Crippen LogP contribution in [0.2, 0.25) is 0 Å². The topological polar surface area (TPSA) is 91.7 Å². The molecule has 1 fully saturated rings. The number of aromatic nitrogens is 1. The average molecular weight is 511 g/mol. The van der Waals surface area contributed by atoms with Gasteiger partial charge in [-0.1, -0.05) is 6.07 Å². The smallest absolute Gasteiger partial charge is 0.307 e. The van der Waals surface area contributed by atoms with Gasteiger partial charge >= 0.3 is 5.97 Å². The molecule has 2 aromatic carbocycles. The molecule has 4 rings (SSSR count). The summed E-state index contributed by atoms with van der Waals surface area (Å²) in [7, 11) is 0. The molecule has 0 spiro atoms. The SMILES string of the molecule is Cc1cc(OCCC(C)(C)O)cc(C)c1-c1cc(CNc2ccc(C3C[C@H]3C(=O)O)cn2)c(F)cc1F. The summed E-state index contributed by atoms with van der Waals surface area (Å²) in [6, 6.07) is 9.60. The highest BCUT2D eigenvalue weighted by atomic mass is 19.1. The number of hydrogen-bond acceptors (Lipinski definition) is 5. The highest BCUT2D eigenvalue weighted by molar-refractivity contribution is 5.75. The number of carboxylic acids is 1. The predicted octanol–water partition coefficient (Wildman–Crippen LogP) is 5.98. The fourth-order valence-electron chi connectivity index (χ4n) is 4.52. The average Bonchev–Trinajstić information content (AvgIpc) is 3.60. The third kappa shape index (κ3) is 6.43. The van der Waals surface area contributed by atoms with Gasteiger partial charge in [0.2, 0.25) is 0 Å². The van der Waals surface area contributed by atoms with E-state index >= 15 is 0 Å². The lowest BCUT2D eigenvalue weighted by Crippen LogP contribution is -2.21. The second-order valence-electron chi connectivity index (χ2n) is 10.4. The second-order valence-corrected chi connectivity index (χ2v) is 10.4. The minimum Gasteiger partial charge on any atom is -0.493 e. The summed E-state index contributed by atoms with van der Waals surface area (Å²) < 4.78 is 35.3. The molecule has 196 valence electrons. The van der Waals surface area contributed by atoms with E-state index in [0.29, 0.717) is 47.7 Å². The van der Waals surface area contributed by atoms with E-state index in [-0.39, 0.29) is 18.4 Å². The van der Waals surface area contributed by atoms with Crippen molar-refractivity contribution in [3.05, 3.63) is 76.5 Å². The number of carboxylic acid groups (broad SMARTS) is 1. The first-order valence-corrected chi connectivity index (χ1v) is 12.3. The van der Waals surface area contributed by atoms with Crippen LogP contribution in [0.5, 0.6) is 5.75 Å². The van der Waals surface area contributed by atoms with Gasteiger partial charge in [-0.25, -0.2) is 13.8 Å². The molecule has 0 amide bonds. The number of benzene rings is 2. The summed E-state index contributed by atoms with van der Waals surface area (Å²) in [6.07, 6.45) is 2.72. The van der Waals surface area contributed by atoms with E-state index in [4.69, 9.17) is 9.84 Å². The summed E-state index contributed by atoms with van der Waals surface area (Å²) >= 11 is 0. The van der Waals surface area contributed by atoms with E-state index in [1.54, 1.807) is 26.1 Å². The number of nitrogens with one attached hydrogen (secondary N) is 1. The van der Waals surface area contributed by atoms with E-state index in [9.17, 15) is 18.7 Å². The number of hydrogen-bond donors (Lipinski definition) is 3. The third-order valence-corrected chi connectivity index (χ3v) is 6.68. The Bertz CT molecular complexity index is 1280. The Morgan fingerprint density at radius 3 is 2.41 bits per heavy atom. The highest BCUT2D eigenvalue weighted by Gasteiger charge is 2.44.